The number of alkyl halides is 3. The number of aromatic nitrogens is 2. The first-order chi connectivity index (χ1) is 10.9. The van der Waals surface area contributed by atoms with E-state index in [1.165, 1.54) is 0 Å². The van der Waals surface area contributed by atoms with Gasteiger partial charge in [0.1, 0.15) is 5.78 Å². The summed E-state index contributed by atoms with van der Waals surface area (Å²) in [5.41, 5.74) is 1.26. The largest absolute Gasteiger partial charge is 0.471 e. The first-order valence-electron chi connectivity index (χ1n) is 7.46. The molecule has 4 nitrogen and oxygen atoms in total. The molecule has 0 spiro atoms. The Morgan fingerprint density at radius 1 is 1.17 bits per heavy atom. The highest BCUT2D eigenvalue weighted by atomic mass is 19.4. The van der Waals surface area contributed by atoms with Gasteiger partial charge in [-0.15, -0.1) is 0 Å². The second-order valence-electron chi connectivity index (χ2n) is 5.74. The zero-order valence-corrected chi connectivity index (χ0v) is 12.3. The molecule has 1 heterocycles. The molecule has 122 valence electrons. The van der Waals surface area contributed by atoms with Gasteiger partial charge in [-0.1, -0.05) is 42.3 Å². The summed E-state index contributed by atoms with van der Waals surface area (Å²) < 4.78 is 41.5. The Labute approximate surface area is 130 Å². The maximum atomic E-state index is 12.4. The first kappa shape index (κ1) is 15.7. The van der Waals surface area contributed by atoms with Gasteiger partial charge in [0.15, 0.2) is 0 Å². The molecule has 1 aromatic heterocycles. The lowest BCUT2D eigenvalue weighted by atomic mass is 9.96. The maximum absolute atomic E-state index is 12.4. The number of rotatable bonds is 4. The molecule has 1 fully saturated rings. The number of carbonyl (C=O) groups excluding carboxylic acids is 1. The molecule has 0 amide bonds. The summed E-state index contributed by atoms with van der Waals surface area (Å²) in [5.74, 6) is -1.10. The van der Waals surface area contributed by atoms with Gasteiger partial charge in [0, 0.05) is 17.9 Å². The predicted molar refractivity (Wildman–Crippen MR) is 75.4 cm³/mol. The van der Waals surface area contributed by atoms with E-state index in [0.717, 1.165) is 31.2 Å². The molecule has 0 radical (unpaired) electrons. The summed E-state index contributed by atoms with van der Waals surface area (Å²) in [6, 6.07) is 6.63. The summed E-state index contributed by atoms with van der Waals surface area (Å²) in [7, 11) is 0. The predicted octanol–water partition coefficient (Wildman–Crippen LogP) is 4.06. The van der Waals surface area contributed by atoms with Crippen LogP contribution in [0.15, 0.2) is 28.8 Å². The fourth-order valence-electron chi connectivity index (χ4n) is 2.82. The number of carbonyl (C=O) groups is 1. The number of hydrogen-bond donors (Lipinski definition) is 0. The number of nitrogens with zero attached hydrogens (tertiary/aromatic N) is 2. The number of ketones is 1. The monoisotopic (exact) mass is 324 g/mol. The fraction of sp³-hybridized carbons (Fsp3) is 0.438. The molecule has 1 aliphatic rings. The lowest BCUT2D eigenvalue weighted by Crippen LogP contribution is -2.13. The van der Waals surface area contributed by atoms with Crippen LogP contribution < -0.4 is 0 Å². The minimum absolute atomic E-state index is 0.119. The van der Waals surface area contributed by atoms with Crippen LogP contribution in [0.4, 0.5) is 13.2 Å². The van der Waals surface area contributed by atoms with Crippen LogP contribution in [0.3, 0.4) is 0 Å². The van der Waals surface area contributed by atoms with E-state index in [9.17, 15) is 18.0 Å². The van der Waals surface area contributed by atoms with Gasteiger partial charge >= 0.3 is 12.1 Å². The minimum Gasteiger partial charge on any atom is -0.329 e. The Balaban J connectivity index is 1.69. The van der Waals surface area contributed by atoms with Gasteiger partial charge in [-0.25, -0.2) is 0 Å². The molecule has 1 aliphatic carbocycles. The van der Waals surface area contributed by atoms with Crippen LogP contribution in [-0.4, -0.2) is 15.9 Å². The van der Waals surface area contributed by atoms with Gasteiger partial charge in [0.05, 0.1) is 0 Å². The number of hydrogen-bond acceptors (Lipinski definition) is 4. The number of Topliss-reactive ketones (excluding diaryl/α,β-unsaturated/α-hetero) is 1. The molecule has 1 saturated carbocycles. The number of benzene rings is 1. The van der Waals surface area contributed by atoms with Gasteiger partial charge in [-0.3, -0.25) is 4.79 Å². The van der Waals surface area contributed by atoms with Crippen molar-refractivity contribution in [2.75, 3.05) is 0 Å². The van der Waals surface area contributed by atoms with E-state index in [-0.39, 0.29) is 17.5 Å². The molecule has 2 aromatic rings. The van der Waals surface area contributed by atoms with Crippen LogP contribution >= 0.6 is 0 Å². The maximum Gasteiger partial charge on any atom is 0.471 e. The van der Waals surface area contributed by atoms with Crippen LogP contribution in [0.25, 0.3) is 11.4 Å². The van der Waals surface area contributed by atoms with E-state index in [0.29, 0.717) is 12.0 Å². The molecule has 1 aromatic carbocycles. The standard InChI is InChI=1S/C16H15F3N2O2/c17-16(18,19)15-20-14(21-23-15)12-7-5-10(6-8-12)9-13(22)11-3-1-2-4-11/h5-8,11H,1-4,9H2. The van der Waals surface area contributed by atoms with E-state index >= 15 is 0 Å². The van der Waals surface area contributed by atoms with Crippen LogP contribution in [0, 0.1) is 5.92 Å². The van der Waals surface area contributed by atoms with Gasteiger partial charge in [0.25, 0.3) is 0 Å². The molecule has 0 saturated heterocycles. The van der Waals surface area contributed by atoms with Gasteiger partial charge in [0.2, 0.25) is 5.82 Å². The molecule has 0 bridgehead atoms. The normalized spacial score (nSPS) is 16.0. The Hall–Kier alpha value is -2.18. The van der Waals surface area contributed by atoms with Gasteiger partial charge in [-0.05, 0) is 18.4 Å². The summed E-state index contributed by atoms with van der Waals surface area (Å²) >= 11 is 0. The van der Waals surface area contributed by atoms with Crippen LogP contribution in [0.1, 0.15) is 37.1 Å². The second-order valence-corrected chi connectivity index (χ2v) is 5.74. The molecule has 3 rings (SSSR count). The Morgan fingerprint density at radius 2 is 1.83 bits per heavy atom. The molecule has 0 unspecified atom stereocenters. The molecule has 0 N–H and O–H groups in total. The third-order valence-corrected chi connectivity index (χ3v) is 4.07. The average molecular weight is 324 g/mol. The zero-order chi connectivity index (χ0) is 16.4. The molecule has 7 heteroatoms. The molecule has 0 aliphatic heterocycles. The van der Waals surface area contributed by atoms with Crippen molar-refractivity contribution >= 4 is 5.78 Å². The average Bonchev–Trinajstić information content (AvgIpc) is 3.19. The quantitative estimate of drug-likeness (QED) is 0.851. The smallest absolute Gasteiger partial charge is 0.329 e. The topological polar surface area (TPSA) is 56.0 Å². The van der Waals surface area contributed by atoms with Crippen molar-refractivity contribution in [1.29, 1.82) is 0 Å². The van der Waals surface area contributed by atoms with Gasteiger partial charge < -0.3 is 4.52 Å². The summed E-state index contributed by atoms with van der Waals surface area (Å²) in [4.78, 5) is 15.5. The highest BCUT2D eigenvalue weighted by Gasteiger charge is 2.38. The third-order valence-electron chi connectivity index (χ3n) is 4.07. The number of halogens is 3. The molecule has 0 atom stereocenters. The SMILES string of the molecule is O=C(Cc1ccc(-c2noc(C(F)(F)F)n2)cc1)C1CCCC1. The van der Waals surface area contributed by atoms with Crippen molar-refractivity contribution < 1.29 is 22.5 Å². The van der Waals surface area contributed by atoms with E-state index in [2.05, 4.69) is 14.7 Å². The van der Waals surface area contributed by atoms with Crippen molar-refractivity contribution in [1.82, 2.24) is 10.1 Å². The van der Waals surface area contributed by atoms with Gasteiger partial charge in [-0.2, -0.15) is 18.2 Å². The summed E-state index contributed by atoms with van der Waals surface area (Å²) in [6.45, 7) is 0. The summed E-state index contributed by atoms with van der Waals surface area (Å²) in [6.07, 6.45) is -0.173. The van der Waals surface area contributed by atoms with E-state index in [1.54, 1.807) is 24.3 Å². The summed E-state index contributed by atoms with van der Waals surface area (Å²) in [5, 5.41) is 3.33. The lowest BCUT2D eigenvalue weighted by molar-refractivity contribution is -0.159. The minimum atomic E-state index is -4.65. The van der Waals surface area contributed by atoms with Crippen molar-refractivity contribution in [2.24, 2.45) is 5.92 Å². The Bertz CT molecular complexity index is 686. The first-order valence-corrected chi connectivity index (χ1v) is 7.46. The third kappa shape index (κ3) is 3.60. The Morgan fingerprint density at radius 3 is 2.39 bits per heavy atom. The second kappa shape index (κ2) is 6.14. The van der Waals surface area contributed by atoms with Crippen molar-refractivity contribution in [3.05, 3.63) is 35.7 Å². The zero-order valence-electron chi connectivity index (χ0n) is 12.3. The van der Waals surface area contributed by atoms with E-state index < -0.39 is 12.1 Å². The molecular weight excluding hydrogens is 309 g/mol. The Kier molecular flexibility index (Phi) is 4.19. The van der Waals surface area contributed by atoms with E-state index in [4.69, 9.17) is 0 Å². The van der Waals surface area contributed by atoms with Crippen LogP contribution in [0.5, 0.6) is 0 Å². The highest BCUT2D eigenvalue weighted by Crippen LogP contribution is 2.30. The van der Waals surface area contributed by atoms with Crippen molar-refractivity contribution in [2.45, 2.75) is 38.3 Å². The van der Waals surface area contributed by atoms with E-state index in [1.807, 2.05) is 0 Å². The molecule has 23 heavy (non-hydrogen) atoms. The van der Waals surface area contributed by atoms with Crippen LogP contribution in [-0.2, 0) is 17.4 Å². The van der Waals surface area contributed by atoms with Crippen molar-refractivity contribution in [3.63, 3.8) is 0 Å². The lowest BCUT2D eigenvalue weighted by Gasteiger charge is -2.07. The fourth-order valence-corrected chi connectivity index (χ4v) is 2.82. The van der Waals surface area contributed by atoms with Crippen molar-refractivity contribution in [3.8, 4) is 11.4 Å². The van der Waals surface area contributed by atoms with Crippen LogP contribution in [0.2, 0.25) is 0 Å². The molecular formula is C16H15F3N2O2. The highest BCUT2D eigenvalue weighted by molar-refractivity contribution is 5.83.